The monoisotopic (exact) mass is 519 g/mol. The molecule has 0 saturated carbocycles. The van der Waals surface area contributed by atoms with Crippen molar-refractivity contribution >= 4 is 40.0 Å². The molecule has 0 radical (unpaired) electrons. The van der Waals surface area contributed by atoms with E-state index in [0.717, 1.165) is 48.9 Å². The van der Waals surface area contributed by atoms with E-state index in [1.165, 1.54) is 6.08 Å². The second kappa shape index (κ2) is 11.5. The molecular weight excluding hydrogens is 486 g/mol. The van der Waals surface area contributed by atoms with Crippen LogP contribution in [0.2, 0.25) is 0 Å². The Bertz CT molecular complexity index is 1270. The number of carbonyl (C=O) groups excluding carboxylic acids is 2. The van der Waals surface area contributed by atoms with Gasteiger partial charge in [-0.05, 0) is 49.1 Å². The number of carbonyl (C=O) groups is 2. The molecular formula is C28H33N5O3S. The maximum atomic E-state index is 13.2. The molecule has 3 heterocycles. The number of fused-ring (bicyclic) bond motifs is 1. The van der Waals surface area contributed by atoms with E-state index in [-0.39, 0.29) is 17.9 Å². The van der Waals surface area contributed by atoms with Crippen LogP contribution < -0.4 is 5.32 Å². The molecule has 8 nitrogen and oxygen atoms in total. The first-order chi connectivity index (χ1) is 18.0. The lowest BCUT2D eigenvalue weighted by atomic mass is 10.1. The molecule has 0 aliphatic carbocycles. The molecule has 1 N–H and O–H groups in total. The van der Waals surface area contributed by atoms with Crippen LogP contribution in [0, 0.1) is 0 Å². The number of aromatic nitrogens is 2. The molecule has 2 fully saturated rings. The lowest BCUT2D eigenvalue weighted by Crippen LogP contribution is -2.39. The molecule has 2 aromatic carbocycles. The predicted molar refractivity (Wildman–Crippen MR) is 147 cm³/mol. The van der Waals surface area contributed by atoms with E-state index in [4.69, 9.17) is 4.98 Å². The minimum Gasteiger partial charge on any atom is -0.616 e. The number of anilines is 1. The van der Waals surface area contributed by atoms with Crippen LogP contribution in [-0.2, 0) is 22.5 Å². The second-order valence-corrected chi connectivity index (χ2v) is 11.4. The lowest BCUT2D eigenvalue weighted by Gasteiger charge is -2.29. The smallest absolute Gasteiger partial charge is 0.257 e. The van der Waals surface area contributed by atoms with E-state index in [1.807, 2.05) is 35.2 Å². The van der Waals surface area contributed by atoms with Gasteiger partial charge in [-0.15, -0.1) is 0 Å². The van der Waals surface area contributed by atoms with Crippen LogP contribution in [-0.4, -0.2) is 73.4 Å². The third-order valence-electron chi connectivity index (χ3n) is 7.22. The largest absolute Gasteiger partial charge is 0.616 e. The molecule has 0 spiro atoms. The number of nitrogens with one attached hydrogen (secondary N) is 1. The highest BCUT2D eigenvalue weighted by molar-refractivity contribution is 7.91. The Hall–Kier alpha value is -3.14. The summed E-state index contributed by atoms with van der Waals surface area (Å²) >= 11 is -0.739. The number of para-hydroxylation sites is 1. The summed E-state index contributed by atoms with van der Waals surface area (Å²) in [5.74, 6) is 1.58. The summed E-state index contributed by atoms with van der Waals surface area (Å²) in [7, 11) is 0. The molecule has 2 saturated heterocycles. The molecule has 37 heavy (non-hydrogen) atoms. The highest BCUT2D eigenvalue weighted by atomic mass is 32.2. The zero-order valence-electron chi connectivity index (χ0n) is 21.0. The van der Waals surface area contributed by atoms with E-state index in [2.05, 4.69) is 27.4 Å². The summed E-state index contributed by atoms with van der Waals surface area (Å²) in [5, 5.41) is 3.06. The van der Waals surface area contributed by atoms with Crippen molar-refractivity contribution in [2.24, 2.45) is 0 Å². The molecule has 2 aliphatic heterocycles. The molecule has 1 unspecified atom stereocenters. The molecule has 2 amide bonds. The van der Waals surface area contributed by atoms with Crippen LogP contribution in [0.4, 0.5) is 5.95 Å². The highest BCUT2D eigenvalue weighted by Crippen LogP contribution is 2.33. The minimum atomic E-state index is -0.739. The van der Waals surface area contributed by atoms with Crippen molar-refractivity contribution in [2.45, 2.75) is 31.8 Å². The summed E-state index contributed by atoms with van der Waals surface area (Å²) in [6, 6.07) is 15.2. The van der Waals surface area contributed by atoms with Gasteiger partial charge < -0.3 is 14.0 Å². The van der Waals surface area contributed by atoms with Crippen LogP contribution in [0.1, 0.15) is 41.2 Å². The van der Waals surface area contributed by atoms with Gasteiger partial charge in [0.05, 0.1) is 17.1 Å². The molecule has 0 bridgehead atoms. The van der Waals surface area contributed by atoms with Gasteiger partial charge in [-0.25, -0.2) is 4.98 Å². The SMILES string of the molecule is C=CC(=O)N1CCCCC(n2c(NC(=O)c3ccccc3)nc3cccc(CN4CC[S+]([O-])CC4)c32)C1. The zero-order chi connectivity index (χ0) is 25.8. The van der Waals surface area contributed by atoms with Gasteiger partial charge in [0, 0.05) is 38.3 Å². The summed E-state index contributed by atoms with van der Waals surface area (Å²) in [5.41, 5.74) is 3.47. The maximum absolute atomic E-state index is 13.2. The van der Waals surface area contributed by atoms with Gasteiger partial charge in [-0.3, -0.25) is 19.8 Å². The number of hydrogen-bond acceptors (Lipinski definition) is 5. The number of nitrogens with zero attached hydrogens (tertiary/aromatic N) is 4. The van der Waals surface area contributed by atoms with Crippen LogP contribution >= 0.6 is 0 Å². The zero-order valence-corrected chi connectivity index (χ0v) is 21.8. The predicted octanol–water partition coefficient (Wildman–Crippen LogP) is 3.59. The molecule has 5 rings (SSSR count). The van der Waals surface area contributed by atoms with Crippen molar-refractivity contribution in [3.8, 4) is 0 Å². The summed E-state index contributed by atoms with van der Waals surface area (Å²) in [6.07, 6.45) is 4.14. The van der Waals surface area contributed by atoms with Gasteiger partial charge in [0.25, 0.3) is 5.91 Å². The Kier molecular flexibility index (Phi) is 7.93. The third-order valence-corrected chi connectivity index (χ3v) is 8.49. The number of benzene rings is 2. The molecule has 1 aromatic heterocycles. The molecule has 194 valence electrons. The van der Waals surface area contributed by atoms with Crippen molar-refractivity contribution < 1.29 is 14.1 Å². The van der Waals surface area contributed by atoms with Gasteiger partial charge in [0.15, 0.2) is 0 Å². The lowest BCUT2D eigenvalue weighted by molar-refractivity contribution is -0.126. The number of rotatable bonds is 6. The molecule has 9 heteroatoms. The number of likely N-dealkylation sites (tertiary alicyclic amines) is 1. The van der Waals surface area contributed by atoms with Crippen molar-refractivity contribution in [1.29, 1.82) is 0 Å². The number of imidazole rings is 1. The normalized spacial score (nSPS) is 19.5. The summed E-state index contributed by atoms with van der Waals surface area (Å²) < 4.78 is 14.0. The van der Waals surface area contributed by atoms with E-state index in [0.29, 0.717) is 42.7 Å². The Balaban J connectivity index is 1.56. The first-order valence-corrected chi connectivity index (χ1v) is 14.4. The summed E-state index contributed by atoms with van der Waals surface area (Å²) in [4.78, 5) is 34.8. The van der Waals surface area contributed by atoms with Crippen molar-refractivity contribution in [1.82, 2.24) is 19.4 Å². The minimum absolute atomic E-state index is 0.0440. The molecule has 3 aromatic rings. The second-order valence-electron chi connectivity index (χ2n) is 9.67. The Morgan fingerprint density at radius 3 is 2.62 bits per heavy atom. The van der Waals surface area contributed by atoms with Crippen LogP contribution in [0.3, 0.4) is 0 Å². The van der Waals surface area contributed by atoms with Crippen LogP contribution in [0.25, 0.3) is 11.0 Å². The Morgan fingerprint density at radius 2 is 1.86 bits per heavy atom. The third kappa shape index (κ3) is 5.74. The fourth-order valence-electron chi connectivity index (χ4n) is 5.29. The van der Waals surface area contributed by atoms with Gasteiger partial charge in [0.2, 0.25) is 11.9 Å². The van der Waals surface area contributed by atoms with Gasteiger partial charge in [-0.2, -0.15) is 0 Å². The standard InChI is InChI=1S/C28H33N5O3S/c1-2-25(34)32-14-7-6-12-23(20-32)33-26-22(19-31-15-17-37(36)18-16-31)11-8-13-24(26)29-28(33)30-27(35)21-9-4-3-5-10-21/h2-5,8-11,13,23H,1,6-7,12,14-20H2,(H,29,30,35). The molecule has 1 atom stereocenters. The topological polar surface area (TPSA) is 93.5 Å². The fourth-order valence-corrected chi connectivity index (χ4v) is 6.42. The average Bonchev–Trinajstić information content (AvgIpc) is 3.11. The maximum Gasteiger partial charge on any atom is 0.257 e. The first-order valence-electron chi connectivity index (χ1n) is 12.9. The van der Waals surface area contributed by atoms with Crippen LogP contribution in [0.15, 0.2) is 61.2 Å². The first kappa shape index (κ1) is 25.5. The van der Waals surface area contributed by atoms with Crippen LogP contribution in [0.5, 0.6) is 0 Å². The van der Waals surface area contributed by atoms with Gasteiger partial charge >= 0.3 is 0 Å². The van der Waals surface area contributed by atoms with Gasteiger partial charge in [0.1, 0.15) is 11.5 Å². The van der Waals surface area contributed by atoms with E-state index in [1.54, 1.807) is 12.1 Å². The quantitative estimate of drug-likeness (QED) is 0.397. The number of hydrogen-bond donors (Lipinski definition) is 1. The average molecular weight is 520 g/mol. The van der Waals surface area contributed by atoms with Gasteiger partial charge in [-0.1, -0.05) is 48.1 Å². The Labute approximate surface area is 220 Å². The molecule has 2 aliphatic rings. The fraction of sp³-hybridized carbons (Fsp3) is 0.393. The highest BCUT2D eigenvalue weighted by Gasteiger charge is 2.28. The van der Waals surface area contributed by atoms with E-state index < -0.39 is 11.2 Å². The van der Waals surface area contributed by atoms with Crippen molar-refractivity contribution in [2.75, 3.05) is 43.0 Å². The van der Waals surface area contributed by atoms with Crippen molar-refractivity contribution in [3.05, 3.63) is 72.3 Å². The Morgan fingerprint density at radius 1 is 1.08 bits per heavy atom. The van der Waals surface area contributed by atoms with Crippen molar-refractivity contribution in [3.63, 3.8) is 0 Å². The van der Waals surface area contributed by atoms with E-state index >= 15 is 0 Å². The van der Waals surface area contributed by atoms with E-state index in [9.17, 15) is 14.1 Å². The summed E-state index contributed by atoms with van der Waals surface area (Å²) in [6.45, 7) is 7.21. The number of amides is 2.